The number of amides is 1. The van der Waals surface area contributed by atoms with Gasteiger partial charge in [0.25, 0.3) is 5.91 Å². The number of aryl methyl sites for hydroxylation is 1. The lowest BCUT2D eigenvalue weighted by Gasteiger charge is -2.19. The number of hydrogen-bond donors (Lipinski definition) is 1. The molecule has 0 saturated heterocycles. The van der Waals surface area contributed by atoms with Crippen molar-refractivity contribution in [1.82, 2.24) is 0 Å². The molecule has 8 heteroatoms. The van der Waals surface area contributed by atoms with Gasteiger partial charge in [0, 0.05) is 17.6 Å². The molecule has 0 saturated carbocycles. The van der Waals surface area contributed by atoms with Gasteiger partial charge in [0.15, 0.2) is 0 Å². The molecule has 0 aliphatic heterocycles. The van der Waals surface area contributed by atoms with Crippen molar-refractivity contribution in [3.05, 3.63) is 57.6 Å². The molecule has 24 heavy (non-hydrogen) atoms. The second kappa shape index (κ2) is 7.01. The highest BCUT2D eigenvalue weighted by Crippen LogP contribution is 2.27. The number of benzene rings is 2. The molecule has 1 N–H and O–H groups in total. The molecule has 0 spiro atoms. The van der Waals surface area contributed by atoms with Crippen LogP contribution >= 0.6 is 23.2 Å². The normalized spacial score (nSPS) is 11.2. The highest BCUT2D eigenvalue weighted by molar-refractivity contribution is 7.92. The minimum atomic E-state index is -3.37. The van der Waals surface area contributed by atoms with E-state index in [4.69, 9.17) is 23.2 Å². The summed E-state index contributed by atoms with van der Waals surface area (Å²) in [6.07, 6.45) is 1.12. The third-order valence-corrected chi connectivity index (χ3v) is 5.23. The number of carbonyl (C=O) groups is 1. The topological polar surface area (TPSA) is 66.5 Å². The maximum absolute atomic E-state index is 12.4. The molecule has 0 atom stereocenters. The van der Waals surface area contributed by atoms with Crippen molar-refractivity contribution < 1.29 is 13.2 Å². The fourth-order valence-electron chi connectivity index (χ4n) is 2.12. The van der Waals surface area contributed by atoms with Gasteiger partial charge in [-0.1, -0.05) is 23.2 Å². The molecule has 2 rings (SSSR count). The number of rotatable bonds is 4. The van der Waals surface area contributed by atoms with E-state index < -0.39 is 10.0 Å². The lowest BCUT2D eigenvalue weighted by atomic mass is 10.1. The third-order valence-electron chi connectivity index (χ3n) is 3.47. The van der Waals surface area contributed by atoms with Crippen LogP contribution in [-0.4, -0.2) is 27.6 Å². The molecule has 0 fully saturated rings. The van der Waals surface area contributed by atoms with Gasteiger partial charge in [-0.2, -0.15) is 0 Å². The average molecular weight is 387 g/mol. The summed E-state index contributed by atoms with van der Waals surface area (Å²) in [6.45, 7) is 1.74. The minimum absolute atomic E-state index is 0.365. The summed E-state index contributed by atoms with van der Waals surface area (Å²) in [5.41, 5.74) is 1.96. The second-order valence-corrected chi connectivity index (χ2v) is 8.17. The van der Waals surface area contributed by atoms with E-state index >= 15 is 0 Å². The Balaban J connectivity index is 2.28. The molecule has 2 aromatic carbocycles. The Morgan fingerprint density at radius 2 is 1.79 bits per heavy atom. The maximum atomic E-state index is 12.4. The summed E-state index contributed by atoms with van der Waals surface area (Å²) in [5, 5.41) is 3.51. The number of hydrogen-bond acceptors (Lipinski definition) is 3. The third kappa shape index (κ3) is 4.20. The van der Waals surface area contributed by atoms with Crippen LogP contribution < -0.4 is 9.62 Å². The molecule has 0 heterocycles. The second-order valence-electron chi connectivity index (χ2n) is 5.31. The Labute approximate surface area is 151 Å². The first-order valence-electron chi connectivity index (χ1n) is 6.90. The lowest BCUT2D eigenvalue weighted by molar-refractivity contribution is 0.102. The number of halogens is 2. The summed E-state index contributed by atoms with van der Waals surface area (Å²) in [7, 11) is -1.91. The van der Waals surface area contributed by atoms with Crippen molar-refractivity contribution in [2.75, 3.05) is 22.9 Å². The number of nitrogens with zero attached hydrogens (tertiary/aromatic N) is 1. The first-order valence-corrected chi connectivity index (χ1v) is 9.51. The van der Waals surface area contributed by atoms with Crippen LogP contribution in [0.25, 0.3) is 0 Å². The molecular formula is C16H16Cl2N2O3S. The number of sulfonamides is 1. The predicted octanol–water partition coefficient (Wildman–Crippen LogP) is 3.95. The number of nitrogens with one attached hydrogen (secondary N) is 1. The predicted molar refractivity (Wildman–Crippen MR) is 98.8 cm³/mol. The average Bonchev–Trinajstić information content (AvgIpc) is 2.49. The largest absolute Gasteiger partial charge is 0.321 e. The van der Waals surface area contributed by atoms with Crippen molar-refractivity contribution in [2.45, 2.75) is 6.92 Å². The van der Waals surface area contributed by atoms with Crippen LogP contribution in [0.4, 0.5) is 11.4 Å². The van der Waals surface area contributed by atoms with E-state index in [1.54, 1.807) is 43.3 Å². The van der Waals surface area contributed by atoms with Crippen molar-refractivity contribution in [2.24, 2.45) is 0 Å². The van der Waals surface area contributed by atoms with E-state index in [-0.39, 0.29) is 5.91 Å². The summed E-state index contributed by atoms with van der Waals surface area (Å²) in [6, 6.07) is 9.53. The molecule has 0 radical (unpaired) electrons. The molecule has 1 amide bonds. The van der Waals surface area contributed by atoms with Gasteiger partial charge in [0.05, 0.1) is 22.7 Å². The van der Waals surface area contributed by atoms with Gasteiger partial charge in [-0.25, -0.2) is 8.42 Å². The van der Waals surface area contributed by atoms with Crippen LogP contribution in [0.5, 0.6) is 0 Å². The zero-order chi connectivity index (χ0) is 18.1. The van der Waals surface area contributed by atoms with E-state index in [1.165, 1.54) is 7.05 Å². The highest BCUT2D eigenvalue weighted by atomic mass is 35.5. The SMILES string of the molecule is Cc1cc(C(=O)Nc2cc(Cl)ccc2Cl)ccc1N(C)S(C)(=O)=O. The van der Waals surface area contributed by atoms with Gasteiger partial charge < -0.3 is 5.32 Å². The van der Waals surface area contributed by atoms with Crippen LogP contribution in [0.2, 0.25) is 10.0 Å². The molecule has 5 nitrogen and oxygen atoms in total. The molecular weight excluding hydrogens is 371 g/mol. The van der Waals surface area contributed by atoms with E-state index in [9.17, 15) is 13.2 Å². The van der Waals surface area contributed by atoms with E-state index in [2.05, 4.69) is 5.32 Å². The molecule has 128 valence electrons. The van der Waals surface area contributed by atoms with Gasteiger partial charge >= 0.3 is 0 Å². The van der Waals surface area contributed by atoms with Crippen molar-refractivity contribution >= 4 is 50.5 Å². The van der Waals surface area contributed by atoms with Crippen LogP contribution in [0.3, 0.4) is 0 Å². The lowest BCUT2D eigenvalue weighted by Crippen LogP contribution is -2.25. The van der Waals surface area contributed by atoms with Gasteiger partial charge in [-0.05, 0) is 48.9 Å². The van der Waals surface area contributed by atoms with Crippen molar-refractivity contribution in [3.8, 4) is 0 Å². The first kappa shape index (κ1) is 18.6. The fourth-order valence-corrected chi connectivity index (χ4v) is 3.02. The zero-order valence-electron chi connectivity index (χ0n) is 13.3. The molecule has 0 aliphatic carbocycles. The highest BCUT2D eigenvalue weighted by Gasteiger charge is 2.16. The van der Waals surface area contributed by atoms with E-state index in [0.29, 0.717) is 32.5 Å². The minimum Gasteiger partial charge on any atom is -0.321 e. The van der Waals surface area contributed by atoms with Crippen LogP contribution in [-0.2, 0) is 10.0 Å². The molecule has 2 aromatic rings. The molecule has 0 aromatic heterocycles. The van der Waals surface area contributed by atoms with Gasteiger partial charge in [-0.15, -0.1) is 0 Å². The zero-order valence-corrected chi connectivity index (χ0v) is 15.6. The van der Waals surface area contributed by atoms with Gasteiger partial charge in [0.1, 0.15) is 0 Å². The Hall–Kier alpha value is -1.76. The van der Waals surface area contributed by atoms with Gasteiger partial charge in [-0.3, -0.25) is 9.10 Å². The fraction of sp³-hybridized carbons (Fsp3) is 0.188. The summed E-state index contributed by atoms with van der Waals surface area (Å²) in [4.78, 5) is 12.4. The Kier molecular flexibility index (Phi) is 5.42. The smallest absolute Gasteiger partial charge is 0.255 e. The Morgan fingerprint density at radius 3 is 2.38 bits per heavy atom. The monoisotopic (exact) mass is 386 g/mol. The van der Waals surface area contributed by atoms with Crippen molar-refractivity contribution in [3.63, 3.8) is 0 Å². The summed E-state index contributed by atoms with van der Waals surface area (Å²) in [5.74, 6) is -0.365. The summed E-state index contributed by atoms with van der Waals surface area (Å²) >= 11 is 11.9. The molecule has 0 aliphatic rings. The van der Waals surface area contributed by atoms with Crippen LogP contribution in [0.15, 0.2) is 36.4 Å². The first-order chi connectivity index (χ1) is 11.1. The quantitative estimate of drug-likeness (QED) is 0.864. The molecule has 0 unspecified atom stereocenters. The maximum Gasteiger partial charge on any atom is 0.255 e. The standard InChI is InChI=1S/C16H16Cl2N2O3S/c1-10-8-11(4-7-15(10)20(2)24(3,22)23)16(21)19-14-9-12(17)5-6-13(14)18/h4-9H,1-3H3,(H,19,21). The van der Waals surface area contributed by atoms with E-state index in [0.717, 1.165) is 10.6 Å². The Bertz CT molecular complexity index is 898. The van der Waals surface area contributed by atoms with Crippen LogP contribution in [0.1, 0.15) is 15.9 Å². The summed E-state index contributed by atoms with van der Waals surface area (Å²) < 4.78 is 24.4. The van der Waals surface area contributed by atoms with Gasteiger partial charge in [0.2, 0.25) is 10.0 Å². The number of anilines is 2. The van der Waals surface area contributed by atoms with Crippen molar-refractivity contribution in [1.29, 1.82) is 0 Å². The van der Waals surface area contributed by atoms with E-state index in [1.807, 2.05) is 0 Å². The Morgan fingerprint density at radius 1 is 1.12 bits per heavy atom. The van der Waals surface area contributed by atoms with Crippen LogP contribution in [0, 0.1) is 6.92 Å². The molecule has 0 bridgehead atoms. The number of carbonyl (C=O) groups excluding carboxylic acids is 1.